The number of ether oxygens (including phenoxy) is 2. The van der Waals surface area contributed by atoms with E-state index < -0.39 is 24.3 Å². The van der Waals surface area contributed by atoms with Gasteiger partial charge >= 0.3 is 24.3 Å². The lowest BCUT2D eigenvalue weighted by molar-refractivity contribution is -0.193. The summed E-state index contributed by atoms with van der Waals surface area (Å²) in [7, 11) is 1.79. The lowest BCUT2D eigenvalue weighted by atomic mass is 10.1. The Morgan fingerprint density at radius 2 is 1.72 bits per heavy atom. The highest BCUT2D eigenvalue weighted by Crippen LogP contribution is 2.32. The Morgan fingerprint density at radius 3 is 2.16 bits per heavy atom. The minimum Gasteiger partial charge on any atom is -0.475 e. The average Bonchev–Trinajstić information content (AvgIpc) is 3.12. The molecule has 1 aromatic heterocycles. The zero-order chi connectivity index (χ0) is 24.5. The van der Waals surface area contributed by atoms with Gasteiger partial charge in [-0.1, -0.05) is 6.07 Å². The molecular formula is C18H22F6N2O6. The quantitative estimate of drug-likeness (QED) is 0.642. The van der Waals surface area contributed by atoms with Crippen LogP contribution in [0.5, 0.6) is 0 Å². The van der Waals surface area contributed by atoms with E-state index in [9.17, 15) is 26.3 Å². The van der Waals surface area contributed by atoms with Crippen LogP contribution < -0.4 is 0 Å². The maximum Gasteiger partial charge on any atom is 0.490 e. The molecule has 0 aromatic carbocycles. The topological polar surface area (TPSA) is 109 Å². The van der Waals surface area contributed by atoms with Gasteiger partial charge in [0.2, 0.25) is 0 Å². The number of rotatable bonds is 3. The molecule has 8 nitrogen and oxygen atoms in total. The first-order chi connectivity index (χ1) is 14.8. The SMILES string of the molecule is CO[C@H]1CC[C@H]2[C@H]1OCCN2Cc1cccnc1.O=C(O)C(F)(F)F.O=C(O)C(F)(F)F. The van der Waals surface area contributed by atoms with Crippen molar-refractivity contribution in [3.63, 3.8) is 0 Å². The fourth-order valence-electron chi connectivity index (χ4n) is 3.17. The number of aromatic nitrogens is 1. The van der Waals surface area contributed by atoms with Crippen molar-refractivity contribution in [2.45, 2.75) is 50.0 Å². The minimum absolute atomic E-state index is 0.250. The number of nitrogens with zero attached hydrogens (tertiary/aromatic N) is 2. The number of carboxylic acid groups (broad SMARTS) is 2. The number of pyridine rings is 1. The summed E-state index contributed by atoms with van der Waals surface area (Å²) in [4.78, 5) is 24.5. The predicted octanol–water partition coefficient (Wildman–Crippen LogP) is 2.73. The molecule has 0 bridgehead atoms. The normalized spacial score (nSPS) is 23.2. The van der Waals surface area contributed by atoms with Gasteiger partial charge in [-0.3, -0.25) is 9.88 Å². The smallest absolute Gasteiger partial charge is 0.475 e. The van der Waals surface area contributed by atoms with Gasteiger partial charge < -0.3 is 19.7 Å². The summed E-state index contributed by atoms with van der Waals surface area (Å²) in [6.45, 7) is 2.78. The van der Waals surface area contributed by atoms with Crippen molar-refractivity contribution >= 4 is 11.9 Å². The van der Waals surface area contributed by atoms with Gasteiger partial charge in [0.1, 0.15) is 0 Å². The number of halogens is 6. The van der Waals surface area contributed by atoms with Crippen LogP contribution in [0.1, 0.15) is 18.4 Å². The molecule has 0 unspecified atom stereocenters. The second kappa shape index (κ2) is 12.0. The molecular weight excluding hydrogens is 454 g/mol. The molecule has 32 heavy (non-hydrogen) atoms. The third-order valence-electron chi connectivity index (χ3n) is 4.55. The Hall–Kier alpha value is -2.45. The van der Waals surface area contributed by atoms with Crippen molar-refractivity contribution in [3.8, 4) is 0 Å². The van der Waals surface area contributed by atoms with E-state index in [2.05, 4.69) is 16.0 Å². The molecule has 2 N–H and O–H groups in total. The lowest BCUT2D eigenvalue weighted by Crippen LogP contribution is -2.51. The molecule has 0 spiro atoms. The number of alkyl halides is 6. The van der Waals surface area contributed by atoms with Crippen LogP contribution in [-0.2, 0) is 25.6 Å². The fraction of sp³-hybridized carbons (Fsp3) is 0.611. The van der Waals surface area contributed by atoms with Crippen molar-refractivity contribution in [1.82, 2.24) is 9.88 Å². The minimum atomic E-state index is -5.08. The van der Waals surface area contributed by atoms with Crippen molar-refractivity contribution in [2.24, 2.45) is 0 Å². The van der Waals surface area contributed by atoms with Gasteiger partial charge in [-0.15, -0.1) is 0 Å². The third-order valence-corrected chi connectivity index (χ3v) is 4.55. The molecule has 1 saturated carbocycles. The Balaban J connectivity index is 0.000000305. The van der Waals surface area contributed by atoms with Crippen LogP contribution in [0.3, 0.4) is 0 Å². The molecule has 2 aliphatic rings. The highest BCUT2D eigenvalue weighted by atomic mass is 19.4. The molecule has 1 saturated heterocycles. The Labute approximate surface area is 178 Å². The van der Waals surface area contributed by atoms with E-state index in [0.717, 1.165) is 26.1 Å². The summed E-state index contributed by atoms with van der Waals surface area (Å²) < 4.78 is 74.9. The van der Waals surface area contributed by atoms with Crippen molar-refractivity contribution in [3.05, 3.63) is 30.1 Å². The average molecular weight is 476 g/mol. The number of carbonyl (C=O) groups is 2. The van der Waals surface area contributed by atoms with Crippen LogP contribution in [0.15, 0.2) is 24.5 Å². The number of hydrogen-bond acceptors (Lipinski definition) is 6. The van der Waals surface area contributed by atoms with E-state index in [-0.39, 0.29) is 12.2 Å². The number of morpholine rings is 1. The number of fused-ring (bicyclic) bond motifs is 1. The maximum absolute atomic E-state index is 10.6. The summed E-state index contributed by atoms with van der Waals surface area (Å²) in [6, 6.07) is 4.64. The summed E-state index contributed by atoms with van der Waals surface area (Å²) in [5.74, 6) is -5.51. The molecule has 1 aromatic rings. The molecule has 2 fully saturated rings. The summed E-state index contributed by atoms with van der Waals surface area (Å²) >= 11 is 0. The van der Waals surface area contributed by atoms with Gasteiger partial charge in [0, 0.05) is 38.6 Å². The Morgan fingerprint density at radius 1 is 1.16 bits per heavy atom. The lowest BCUT2D eigenvalue weighted by Gasteiger charge is -2.38. The molecule has 3 atom stereocenters. The van der Waals surface area contributed by atoms with Crippen LogP contribution >= 0.6 is 0 Å². The van der Waals surface area contributed by atoms with Crippen LogP contribution in [0.2, 0.25) is 0 Å². The molecule has 3 rings (SSSR count). The zero-order valence-electron chi connectivity index (χ0n) is 16.8. The summed E-state index contributed by atoms with van der Waals surface area (Å²) in [6.07, 6.45) is -3.60. The molecule has 182 valence electrons. The first-order valence-electron chi connectivity index (χ1n) is 9.15. The van der Waals surface area contributed by atoms with Gasteiger partial charge in [0.15, 0.2) is 0 Å². The summed E-state index contributed by atoms with van der Waals surface area (Å²) in [5, 5.41) is 14.2. The Bertz CT molecular complexity index is 707. The monoisotopic (exact) mass is 476 g/mol. The van der Waals surface area contributed by atoms with Gasteiger partial charge in [-0.2, -0.15) is 26.3 Å². The van der Waals surface area contributed by atoms with Crippen LogP contribution in [0, 0.1) is 0 Å². The number of hydrogen-bond donors (Lipinski definition) is 2. The number of aliphatic carboxylic acids is 2. The number of methoxy groups -OCH3 is 1. The van der Waals surface area contributed by atoms with Gasteiger partial charge in [0.25, 0.3) is 0 Å². The van der Waals surface area contributed by atoms with Crippen molar-refractivity contribution in [1.29, 1.82) is 0 Å². The second-order valence-corrected chi connectivity index (χ2v) is 6.69. The first kappa shape index (κ1) is 27.6. The third kappa shape index (κ3) is 8.96. The summed E-state index contributed by atoms with van der Waals surface area (Å²) in [5.41, 5.74) is 1.28. The van der Waals surface area contributed by atoms with Gasteiger partial charge in [0.05, 0.1) is 18.8 Å². The Kier molecular flexibility index (Phi) is 10.3. The molecule has 1 aliphatic carbocycles. The fourth-order valence-corrected chi connectivity index (χ4v) is 3.17. The van der Waals surface area contributed by atoms with E-state index in [0.29, 0.717) is 6.04 Å². The predicted molar refractivity (Wildman–Crippen MR) is 95.6 cm³/mol. The molecule has 0 amide bonds. The zero-order valence-corrected chi connectivity index (χ0v) is 16.8. The molecule has 1 aliphatic heterocycles. The van der Waals surface area contributed by atoms with Gasteiger partial charge in [-0.25, -0.2) is 9.59 Å². The molecule has 14 heteroatoms. The maximum atomic E-state index is 10.6. The van der Waals surface area contributed by atoms with Crippen LogP contribution in [-0.4, -0.2) is 82.9 Å². The molecule has 0 radical (unpaired) electrons. The highest BCUT2D eigenvalue weighted by Gasteiger charge is 2.42. The van der Waals surface area contributed by atoms with E-state index in [1.165, 1.54) is 12.0 Å². The second-order valence-electron chi connectivity index (χ2n) is 6.69. The number of carboxylic acids is 2. The van der Waals surface area contributed by atoms with Gasteiger partial charge in [-0.05, 0) is 24.5 Å². The van der Waals surface area contributed by atoms with E-state index >= 15 is 0 Å². The first-order valence-corrected chi connectivity index (χ1v) is 9.15. The van der Waals surface area contributed by atoms with Crippen molar-refractivity contribution in [2.75, 3.05) is 20.3 Å². The van der Waals surface area contributed by atoms with E-state index in [4.69, 9.17) is 29.3 Å². The standard InChI is InChI=1S/C14H20N2O2.2C2HF3O2/c1-17-13-5-4-12-14(13)18-8-7-16(12)10-11-3-2-6-15-9-11;2*3-2(4,5)1(6)7/h2-3,6,9,12-14H,4-5,7-8,10H2,1H3;2*(H,6,7)/t12-,13-,14+;;/m0../s1. The van der Waals surface area contributed by atoms with Crippen LogP contribution in [0.4, 0.5) is 26.3 Å². The van der Waals surface area contributed by atoms with Crippen molar-refractivity contribution < 1.29 is 55.6 Å². The van der Waals surface area contributed by atoms with Crippen LogP contribution in [0.25, 0.3) is 0 Å². The largest absolute Gasteiger partial charge is 0.490 e. The van der Waals surface area contributed by atoms with E-state index in [1.54, 1.807) is 7.11 Å². The highest BCUT2D eigenvalue weighted by molar-refractivity contribution is 5.73. The molecule has 2 heterocycles. The van der Waals surface area contributed by atoms with E-state index in [1.807, 2.05) is 18.5 Å².